The predicted octanol–water partition coefficient (Wildman–Crippen LogP) is 4.29. The van der Waals surface area contributed by atoms with Crippen LogP contribution in [0.25, 0.3) is 0 Å². The van der Waals surface area contributed by atoms with Gasteiger partial charge in [-0.1, -0.05) is 13.0 Å². The van der Waals surface area contributed by atoms with E-state index in [4.69, 9.17) is 0 Å². The van der Waals surface area contributed by atoms with E-state index in [0.717, 1.165) is 44.7 Å². The highest BCUT2D eigenvalue weighted by Gasteiger charge is 2.61. The number of fused-ring (bicyclic) bond motifs is 5. The van der Waals surface area contributed by atoms with E-state index in [1.165, 1.54) is 16.0 Å². The van der Waals surface area contributed by atoms with Crippen molar-refractivity contribution >= 4 is 17.6 Å². The maximum Gasteiger partial charge on any atom is 0.434 e. The third-order valence-corrected chi connectivity index (χ3v) is 12.4. The van der Waals surface area contributed by atoms with Crippen molar-refractivity contribution in [3.05, 3.63) is 47.4 Å². The highest BCUT2D eigenvalue weighted by molar-refractivity contribution is 5.77. The highest BCUT2D eigenvalue weighted by atomic mass is 19.4. The molecule has 2 aromatic rings. The van der Waals surface area contributed by atoms with Crippen molar-refractivity contribution in [3.8, 4) is 5.75 Å². The van der Waals surface area contributed by atoms with E-state index >= 15 is 0 Å². The molecule has 51 heavy (non-hydrogen) atoms. The van der Waals surface area contributed by atoms with Crippen molar-refractivity contribution in [1.29, 1.82) is 0 Å². The van der Waals surface area contributed by atoms with Crippen LogP contribution in [0.5, 0.6) is 5.75 Å². The number of alkyl halides is 3. The van der Waals surface area contributed by atoms with E-state index in [2.05, 4.69) is 33.6 Å². The summed E-state index contributed by atoms with van der Waals surface area (Å²) >= 11 is 0. The molecule has 3 fully saturated rings. The molecular formula is C37H50F3N5O6. The normalized spacial score (nSPS) is 31.7. The molecule has 1 saturated heterocycles. The fraction of sp³-hybridized carbons (Fsp3) is 0.676. The topological polar surface area (TPSA) is 168 Å². The lowest BCUT2D eigenvalue weighted by Gasteiger charge is -2.53. The summed E-state index contributed by atoms with van der Waals surface area (Å²) in [5, 5.41) is 48.3. The standard InChI is InChI=1S/C37H50F3N5O6/c1-35-14-11-25-24-10-8-23(46)17-22(24)7-9-26(25)27(35)12-15-36(35,51)13-4-16-42-32(48)5-2-3-6-33(49)45-20-28(34(50)29(47)21-45)43-31-19-41-18-30(44-31)37(38,39)40/h8,10,17-19,25-29,34,46-47,50-51H,2-7,9,11-16,20-21H2,1H3,(H,42,48)(H,43,44)/t25-,26-,27+,28+,29+,34-,35+,36+/m1/s1. The lowest BCUT2D eigenvalue weighted by atomic mass is 9.53. The first-order valence-corrected chi connectivity index (χ1v) is 18.3. The molecule has 1 aromatic carbocycles. The number of unbranched alkanes of at least 4 members (excludes halogenated alkanes) is 1. The van der Waals surface area contributed by atoms with Gasteiger partial charge in [0.1, 0.15) is 17.7 Å². The summed E-state index contributed by atoms with van der Waals surface area (Å²) in [5.74, 6) is 1.12. The minimum atomic E-state index is -4.70. The molecular weight excluding hydrogens is 667 g/mol. The summed E-state index contributed by atoms with van der Waals surface area (Å²) in [7, 11) is 0. The lowest BCUT2D eigenvalue weighted by Crippen LogP contribution is -2.59. The molecule has 1 aromatic heterocycles. The van der Waals surface area contributed by atoms with Gasteiger partial charge in [0.25, 0.3) is 0 Å². The van der Waals surface area contributed by atoms with Crippen molar-refractivity contribution in [3.63, 3.8) is 0 Å². The van der Waals surface area contributed by atoms with Crippen LogP contribution in [0.1, 0.15) is 100 Å². The summed E-state index contributed by atoms with van der Waals surface area (Å²) in [6.45, 7) is 2.55. The number of amides is 2. The van der Waals surface area contributed by atoms with Crippen molar-refractivity contribution in [2.75, 3.05) is 25.0 Å². The Morgan fingerprint density at radius 1 is 1.04 bits per heavy atom. The molecule has 2 saturated carbocycles. The molecule has 2 amide bonds. The SMILES string of the molecule is C[C@]12CC[C@@H]3c4ccc(O)cc4CC[C@H]3[C@@H]1CC[C@@]2(O)CCCNC(=O)CCCCC(=O)N1C[C@H](Nc2cncc(C(F)(F)F)n2)[C@@H](O)[C@@H](O)C1. The second kappa shape index (κ2) is 14.9. The molecule has 0 radical (unpaired) electrons. The van der Waals surface area contributed by atoms with Gasteiger partial charge in [-0.15, -0.1) is 0 Å². The second-order valence-electron chi connectivity index (χ2n) is 15.4. The molecule has 6 rings (SSSR count). The van der Waals surface area contributed by atoms with Gasteiger partial charge in [-0.3, -0.25) is 14.6 Å². The van der Waals surface area contributed by atoms with Gasteiger partial charge >= 0.3 is 6.18 Å². The lowest BCUT2D eigenvalue weighted by molar-refractivity contribution is -0.141. The number of aromatic nitrogens is 2. The molecule has 3 aliphatic carbocycles. The third-order valence-electron chi connectivity index (χ3n) is 12.4. The zero-order valence-corrected chi connectivity index (χ0v) is 29.0. The van der Waals surface area contributed by atoms with Crippen LogP contribution in [0.4, 0.5) is 19.0 Å². The summed E-state index contributed by atoms with van der Waals surface area (Å²) in [6, 6.07) is 4.84. The average Bonchev–Trinajstić information content (AvgIpc) is 3.36. The Bertz CT molecular complexity index is 1580. The van der Waals surface area contributed by atoms with E-state index < -0.39 is 35.7 Å². The number of phenolic OH excluding ortho intramolecular Hbond substituents is 1. The number of hydrogen-bond donors (Lipinski definition) is 6. The van der Waals surface area contributed by atoms with Crippen LogP contribution in [0, 0.1) is 17.3 Å². The molecule has 0 bridgehead atoms. The Hall–Kier alpha value is -3.49. The van der Waals surface area contributed by atoms with Crippen LogP contribution in [-0.4, -0.2) is 90.6 Å². The number of aliphatic hydroxyl groups excluding tert-OH is 2. The number of aryl methyl sites for hydroxylation is 1. The zero-order chi connectivity index (χ0) is 36.6. The number of aliphatic hydroxyl groups is 3. The minimum Gasteiger partial charge on any atom is -0.508 e. The number of piperidine rings is 1. The summed E-state index contributed by atoms with van der Waals surface area (Å²) < 4.78 is 39.1. The first-order valence-electron chi connectivity index (χ1n) is 18.3. The number of aromatic hydroxyl groups is 1. The second-order valence-corrected chi connectivity index (χ2v) is 15.4. The third kappa shape index (κ3) is 7.83. The summed E-state index contributed by atoms with van der Waals surface area (Å²) in [6.07, 6.45) is 2.64. The number of hydrogen-bond acceptors (Lipinski definition) is 9. The molecule has 14 heteroatoms. The molecule has 1 aliphatic heterocycles. The maximum atomic E-state index is 13.0. The largest absolute Gasteiger partial charge is 0.508 e. The van der Waals surface area contributed by atoms with Gasteiger partial charge in [0.15, 0.2) is 5.69 Å². The fourth-order valence-electron chi connectivity index (χ4n) is 9.63. The van der Waals surface area contributed by atoms with Crippen molar-refractivity contribution in [2.45, 2.75) is 120 Å². The van der Waals surface area contributed by atoms with Gasteiger partial charge < -0.3 is 36.0 Å². The number of benzene rings is 1. The summed E-state index contributed by atoms with van der Waals surface area (Å²) in [5.41, 5.74) is 0.491. The van der Waals surface area contributed by atoms with Crippen molar-refractivity contribution < 1.29 is 43.2 Å². The number of phenols is 1. The first-order chi connectivity index (χ1) is 24.2. The highest BCUT2D eigenvalue weighted by Crippen LogP contribution is 2.65. The van der Waals surface area contributed by atoms with Gasteiger partial charge in [-0.25, -0.2) is 4.98 Å². The Morgan fingerprint density at radius 3 is 2.61 bits per heavy atom. The average molecular weight is 718 g/mol. The van der Waals surface area contributed by atoms with E-state index in [1.807, 2.05) is 6.07 Å². The Balaban J connectivity index is 0.902. The molecule has 4 aliphatic rings. The Kier molecular flexibility index (Phi) is 10.9. The smallest absolute Gasteiger partial charge is 0.434 e. The number of nitrogens with one attached hydrogen (secondary N) is 2. The van der Waals surface area contributed by atoms with Gasteiger partial charge in [0.05, 0.1) is 30.1 Å². The van der Waals surface area contributed by atoms with Crippen molar-refractivity contribution in [2.24, 2.45) is 17.3 Å². The summed E-state index contributed by atoms with van der Waals surface area (Å²) in [4.78, 5) is 33.9. The van der Waals surface area contributed by atoms with Gasteiger partial charge in [0.2, 0.25) is 11.8 Å². The van der Waals surface area contributed by atoms with Crippen LogP contribution in [0.3, 0.4) is 0 Å². The van der Waals surface area contributed by atoms with Gasteiger partial charge in [-0.05, 0) is 111 Å². The molecule has 0 spiro atoms. The predicted molar refractivity (Wildman–Crippen MR) is 181 cm³/mol. The van der Waals surface area contributed by atoms with Crippen molar-refractivity contribution in [1.82, 2.24) is 20.2 Å². The van der Waals surface area contributed by atoms with E-state index in [-0.39, 0.29) is 49.0 Å². The van der Waals surface area contributed by atoms with Crippen LogP contribution in [0.2, 0.25) is 0 Å². The van der Waals surface area contributed by atoms with Crippen LogP contribution >= 0.6 is 0 Å². The molecule has 11 nitrogen and oxygen atoms in total. The quantitative estimate of drug-likeness (QED) is 0.186. The molecule has 2 heterocycles. The number of likely N-dealkylation sites (tertiary alicyclic amines) is 1. The van der Waals surface area contributed by atoms with Crippen LogP contribution in [-0.2, 0) is 22.2 Å². The van der Waals surface area contributed by atoms with E-state index in [1.54, 1.807) is 6.07 Å². The van der Waals surface area contributed by atoms with Crippen LogP contribution < -0.4 is 10.6 Å². The minimum absolute atomic E-state index is 0.0534. The number of carbonyl (C=O) groups excluding carboxylic acids is 2. The van der Waals surface area contributed by atoms with Gasteiger partial charge in [-0.2, -0.15) is 13.2 Å². The molecule has 0 unspecified atom stereocenters. The van der Waals surface area contributed by atoms with Gasteiger partial charge in [0, 0.05) is 32.5 Å². The fourth-order valence-corrected chi connectivity index (χ4v) is 9.63. The number of anilines is 1. The zero-order valence-electron chi connectivity index (χ0n) is 29.0. The molecule has 8 atom stereocenters. The number of halogens is 3. The Morgan fingerprint density at radius 2 is 1.82 bits per heavy atom. The number of β-amino-alcohol motifs (C(OH)–C–C–N with tert-alkyl or cyclic N) is 1. The number of carbonyl (C=O) groups is 2. The molecule has 280 valence electrons. The number of rotatable bonds is 11. The maximum absolute atomic E-state index is 13.0. The van der Waals surface area contributed by atoms with E-state index in [0.29, 0.717) is 61.9 Å². The van der Waals surface area contributed by atoms with Crippen LogP contribution in [0.15, 0.2) is 30.6 Å². The first kappa shape index (κ1) is 37.3. The monoisotopic (exact) mass is 717 g/mol. The number of nitrogens with zero attached hydrogens (tertiary/aromatic N) is 3. The Labute approximate surface area is 296 Å². The molecule has 6 N–H and O–H groups in total. The van der Waals surface area contributed by atoms with E-state index in [9.17, 15) is 43.2 Å².